The zero-order valence-electron chi connectivity index (χ0n) is 12.6. The molecule has 2 aromatic heterocycles. The molecule has 0 unspecified atom stereocenters. The summed E-state index contributed by atoms with van der Waals surface area (Å²) in [6, 6.07) is 12.2. The lowest BCUT2D eigenvalue weighted by atomic mass is 9.95. The lowest BCUT2D eigenvalue weighted by molar-refractivity contribution is 0.200. The van der Waals surface area contributed by atoms with E-state index in [1.165, 1.54) is 11.3 Å². The molecule has 23 heavy (non-hydrogen) atoms. The average Bonchev–Trinajstić information content (AvgIpc) is 3.05. The van der Waals surface area contributed by atoms with Crippen molar-refractivity contribution in [2.45, 2.75) is 19.0 Å². The Kier molecular flexibility index (Phi) is 3.85. The van der Waals surface area contributed by atoms with E-state index in [0.717, 1.165) is 35.8 Å². The molecular formula is C18H17ClN4. The van der Waals surface area contributed by atoms with Gasteiger partial charge in [-0.15, -0.1) is 0 Å². The van der Waals surface area contributed by atoms with Crippen LogP contribution in [0.3, 0.4) is 0 Å². The molecule has 4 nitrogen and oxygen atoms in total. The molecule has 1 atom stereocenters. The van der Waals surface area contributed by atoms with Crippen LogP contribution in [0.2, 0.25) is 5.02 Å². The molecule has 116 valence electrons. The Bertz CT molecular complexity index is 800. The summed E-state index contributed by atoms with van der Waals surface area (Å²) >= 11 is 6.48. The maximum atomic E-state index is 6.48. The highest BCUT2D eigenvalue weighted by Gasteiger charge is 2.32. The number of hydrogen-bond acceptors (Lipinski definition) is 3. The summed E-state index contributed by atoms with van der Waals surface area (Å²) in [4.78, 5) is 14.5. The lowest BCUT2D eigenvalue weighted by Gasteiger charge is -2.35. The van der Waals surface area contributed by atoms with Gasteiger partial charge in [0.25, 0.3) is 0 Å². The van der Waals surface area contributed by atoms with Crippen LogP contribution in [0, 0.1) is 0 Å². The maximum Gasteiger partial charge on any atom is 0.0926 e. The predicted octanol–water partition coefficient (Wildman–Crippen LogP) is 3.61. The quantitative estimate of drug-likeness (QED) is 0.800. The molecule has 1 aromatic carbocycles. The molecule has 0 spiro atoms. The Morgan fingerprint density at radius 3 is 2.96 bits per heavy atom. The SMILES string of the molecule is Clc1ccccc1[C@H]1c2nc[nH]c2CCN1Cc1cccnc1. The number of nitrogens with one attached hydrogen (secondary N) is 1. The van der Waals surface area contributed by atoms with Gasteiger partial charge in [0.05, 0.1) is 18.1 Å². The van der Waals surface area contributed by atoms with Gasteiger partial charge < -0.3 is 4.98 Å². The van der Waals surface area contributed by atoms with E-state index in [4.69, 9.17) is 11.6 Å². The van der Waals surface area contributed by atoms with Crippen LogP contribution in [-0.4, -0.2) is 26.4 Å². The van der Waals surface area contributed by atoms with Gasteiger partial charge in [-0.1, -0.05) is 35.9 Å². The first-order valence-corrected chi connectivity index (χ1v) is 8.10. The first kappa shape index (κ1) is 14.4. The number of hydrogen-bond donors (Lipinski definition) is 1. The molecule has 1 N–H and O–H groups in total. The number of H-pyrrole nitrogens is 1. The van der Waals surface area contributed by atoms with E-state index in [-0.39, 0.29) is 6.04 Å². The Morgan fingerprint density at radius 2 is 2.13 bits per heavy atom. The second-order valence-electron chi connectivity index (χ2n) is 5.77. The Hall–Kier alpha value is -2.17. The van der Waals surface area contributed by atoms with Crippen LogP contribution >= 0.6 is 11.6 Å². The molecule has 1 aliphatic rings. The number of aromatic amines is 1. The average molecular weight is 325 g/mol. The summed E-state index contributed by atoms with van der Waals surface area (Å²) in [6.07, 6.45) is 6.47. The van der Waals surface area contributed by atoms with Crippen molar-refractivity contribution in [2.24, 2.45) is 0 Å². The minimum Gasteiger partial charge on any atom is -0.348 e. The van der Waals surface area contributed by atoms with E-state index in [1.54, 1.807) is 12.5 Å². The van der Waals surface area contributed by atoms with Crippen LogP contribution < -0.4 is 0 Å². The van der Waals surface area contributed by atoms with Crippen LogP contribution in [0.1, 0.15) is 28.6 Å². The Balaban J connectivity index is 1.75. The monoisotopic (exact) mass is 324 g/mol. The molecule has 3 heterocycles. The molecular weight excluding hydrogens is 308 g/mol. The predicted molar refractivity (Wildman–Crippen MR) is 90.2 cm³/mol. The van der Waals surface area contributed by atoms with Crippen molar-refractivity contribution >= 4 is 11.6 Å². The Morgan fingerprint density at radius 1 is 1.22 bits per heavy atom. The molecule has 1 aliphatic heterocycles. The maximum absolute atomic E-state index is 6.48. The largest absolute Gasteiger partial charge is 0.348 e. The molecule has 0 fully saturated rings. The fraction of sp³-hybridized carbons (Fsp3) is 0.222. The van der Waals surface area contributed by atoms with Crippen molar-refractivity contribution in [3.8, 4) is 0 Å². The van der Waals surface area contributed by atoms with Gasteiger partial charge in [0, 0.05) is 42.6 Å². The van der Waals surface area contributed by atoms with Crippen molar-refractivity contribution in [1.29, 1.82) is 0 Å². The van der Waals surface area contributed by atoms with E-state index in [9.17, 15) is 0 Å². The van der Waals surface area contributed by atoms with Crippen molar-refractivity contribution in [3.05, 3.63) is 82.7 Å². The first-order valence-electron chi connectivity index (χ1n) is 7.72. The molecule has 0 aliphatic carbocycles. The van der Waals surface area contributed by atoms with Crippen molar-refractivity contribution in [2.75, 3.05) is 6.54 Å². The Labute approximate surface area is 140 Å². The smallest absolute Gasteiger partial charge is 0.0926 e. The number of halogens is 1. The van der Waals surface area contributed by atoms with Gasteiger partial charge in [-0.2, -0.15) is 0 Å². The van der Waals surface area contributed by atoms with E-state index in [2.05, 4.69) is 32.0 Å². The third-order valence-electron chi connectivity index (χ3n) is 4.33. The topological polar surface area (TPSA) is 44.8 Å². The minimum atomic E-state index is 0.0684. The molecule has 0 bridgehead atoms. The molecule has 3 aromatic rings. The van der Waals surface area contributed by atoms with E-state index >= 15 is 0 Å². The second-order valence-corrected chi connectivity index (χ2v) is 6.18. The number of aromatic nitrogens is 3. The normalized spacial score (nSPS) is 17.9. The molecule has 5 heteroatoms. The highest BCUT2D eigenvalue weighted by molar-refractivity contribution is 6.31. The number of fused-ring (bicyclic) bond motifs is 1. The van der Waals surface area contributed by atoms with Gasteiger partial charge in [0.2, 0.25) is 0 Å². The van der Waals surface area contributed by atoms with Crippen molar-refractivity contribution in [1.82, 2.24) is 19.9 Å². The van der Waals surface area contributed by atoms with Gasteiger partial charge in [-0.3, -0.25) is 9.88 Å². The standard InChI is InChI=1S/C18H17ClN4/c19-15-6-2-1-5-14(15)18-17-16(21-12-22-17)7-9-23(18)11-13-4-3-8-20-10-13/h1-6,8,10,12,18H,7,9,11H2,(H,21,22)/t18-/m0/s1. The van der Waals surface area contributed by atoms with Gasteiger partial charge in [-0.25, -0.2) is 4.98 Å². The van der Waals surface area contributed by atoms with Crippen molar-refractivity contribution in [3.63, 3.8) is 0 Å². The van der Waals surface area contributed by atoms with Gasteiger partial charge >= 0.3 is 0 Å². The molecule has 0 saturated heterocycles. The van der Waals surface area contributed by atoms with Gasteiger partial charge in [0.1, 0.15) is 0 Å². The molecule has 0 radical (unpaired) electrons. The number of pyridine rings is 1. The van der Waals surface area contributed by atoms with E-state index in [1.807, 2.05) is 30.5 Å². The number of nitrogens with zero attached hydrogens (tertiary/aromatic N) is 3. The fourth-order valence-electron chi connectivity index (χ4n) is 3.26. The molecule has 0 amide bonds. The lowest BCUT2D eigenvalue weighted by Crippen LogP contribution is -2.36. The van der Waals surface area contributed by atoms with Crippen LogP contribution in [0.5, 0.6) is 0 Å². The molecule has 0 saturated carbocycles. The minimum absolute atomic E-state index is 0.0684. The summed E-state index contributed by atoms with van der Waals surface area (Å²) in [5.41, 5.74) is 4.58. The van der Waals surface area contributed by atoms with Gasteiger partial charge in [-0.05, 0) is 23.3 Å². The number of benzene rings is 1. The first-order chi connectivity index (χ1) is 11.3. The van der Waals surface area contributed by atoms with Crippen molar-refractivity contribution < 1.29 is 0 Å². The summed E-state index contributed by atoms with van der Waals surface area (Å²) in [7, 11) is 0. The van der Waals surface area contributed by atoms with Gasteiger partial charge in [0.15, 0.2) is 0 Å². The van der Waals surface area contributed by atoms with E-state index in [0.29, 0.717) is 0 Å². The van der Waals surface area contributed by atoms with Crippen LogP contribution in [0.4, 0.5) is 0 Å². The third-order valence-corrected chi connectivity index (χ3v) is 4.68. The number of imidazole rings is 1. The highest BCUT2D eigenvalue weighted by atomic mass is 35.5. The summed E-state index contributed by atoms with van der Waals surface area (Å²) in [6.45, 7) is 1.79. The zero-order valence-corrected chi connectivity index (χ0v) is 13.4. The second kappa shape index (κ2) is 6.14. The van der Waals surface area contributed by atoms with Crippen LogP contribution in [-0.2, 0) is 13.0 Å². The third kappa shape index (κ3) is 2.76. The summed E-state index contributed by atoms with van der Waals surface area (Å²) in [5.74, 6) is 0. The van der Waals surface area contributed by atoms with Crippen LogP contribution in [0.15, 0.2) is 55.1 Å². The summed E-state index contributed by atoms with van der Waals surface area (Å²) in [5, 5.41) is 0.782. The fourth-order valence-corrected chi connectivity index (χ4v) is 3.50. The zero-order chi connectivity index (χ0) is 15.6. The van der Waals surface area contributed by atoms with Crippen LogP contribution in [0.25, 0.3) is 0 Å². The molecule has 4 rings (SSSR count). The number of rotatable bonds is 3. The summed E-state index contributed by atoms with van der Waals surface area (Å²) < 4.78 is 0. The highest BCUT2D eigenvalue weighted by Crippen LogP contribution is 2.37. The van der Waals surface area contributed by atoms with E-state index < -0.39 is 0 Å².